The lowest BCUT2D eigenvalue weighted by Gasteiger charge is -2.18. The minimum Gasteiger partial charge on any atom is -0.354 e. The Morgan fingerprint density at radius 2 is 1.85 bits per heavy atom. The molecule has 7 heteroatoms. The molecule has 4 rings (SSSR count). The number of amides is 1. The number of aromatic nitrogens is 1. The minimum absolute atomic E-state index is 0.238. The summed E-state index contributed by atoms with van der Waals surface area (Å²) in [6, 6.07) is 16.2. The molecular formula is C19H17N3O3S. The zero-order valence-corrected chi connectivity index (χ0v) is 14.7. The topological polar surface area (TPSA) is 79.4 Å². The predicted octanol–water partition coefficient (Wildman–Crippen LogP) is 2.10. The van der Waals surface area contributed by atoms with Crippen molar-refractivity contribution in [3.8, 4) is 0 Å². The van der Waals surface area contributed by atoms with Gasteiger partial charge in [-0.1, -0.05) is 30.3 Å². The number of benzene rings is 2. The molecule has 0 bridgehead atoms. The van der Waals surface area contributed by atoms with Crippen LogP contribution in [0, 0.1) is 0 Å². The van der Waals surface area contributed by atoms with Crippen molar-refractivity contribution in [1.82, 2.24) is 10.3 Å². The lowest BCUT2D eigenvalue weighted by Crippen LogP contribution is -2.39. The molecule has 26 heavy (non-hydrogen) atoms. The normalized spacial score (nSPS) is 14.5. The van der Waals surface area contributed by atoms with Crippen molar-refractivity contribution < 1.29 is 13.2 Å². The monoisotopic (exact) mass is 367 g/mol. The molecule has 6 nitrogen and oxygen atoms in total. The molecule has 3 aromatic rings. The van der Waals surface area contributed by atoms with Gasteiger partial charge < -0.3 is 5.32 Å². The van der Waals surface area contributed by atoms with Crippen LogP contribution in [0.25, 0.3) is 10.8 Å². The molecule has 0 spiro atoms. The molecule has 132 valence electrons. The Bertz CT molecular complexity index is 1080. The van der Waals surface area contributed by atoms with Gasteiger partial charge in [0.05, 0.1) is 10.6 Å². The highest BCUT2D eigenvalue weighted by Crippen LogP contribution is 2.41. The minimum atomic E-state index is -3.71. The van der Waals surface area contributed by atoms with E-state index in [2.05, 4.69) is 10.3 Å². The van der Waals surface area contributed by atoms with E-state index in [4.69, 9.17) is 0 Å². The summed E-state index contributed by atoms with van der Waals surface area (Å²) in [5.41, 5.74) is 1.43. The molecule has 0 radical (unpaired) electrons. The summed E-state index contributed by atoms with van der Waals surface area (Å²) in [5, 5.41) is 4.30. The van der Waals surface area contributed by atoms with Crippen LogP contribution in [0.2, 0.25) is 0 Å². The molecule has 1 aliphatic rings. The van der Waals surface area contributed by atoms with Crippen LogP contribution in [0.1, 0.15) is 5.69 Å². The van der Waals surface area contributed by atoms with Crippen LogP contribution in [0.5, 0.6) is 0 Å². The standard InChI is InChI=1S/C19H17N3O3S/c23-18(21-12-10-15-7-1-2-11-20-15)13-22-16-8-3-5-14-6-4-9-17(19(14)16)26(22,24)25/h1-9,11H,10,12-13H2,(H,21,23). The van der Waals surface area contributed by atoms with Crippen molar-refractivity contribution in [2.24, 2.45) is 0 Å². The fraction of sp³-hybridized carbons (Fsp3) is 0.158. The van der Waals surface area contributed by atoms with E-state index >= 15 is 0 Å². The number of rotatable bonds is 5. The zero-order chi connectivity index (χ0) is 18.1. The summed E-state index contributed by atoms with van der Waals surface area (Å²) in [7, 11) is -3.71. The van der Waals surface area contributed by atoms with Crippen molar-refractivity contribution >= 4 is 32.4 Å². The Balaban J connectivity index is 1.50. The summed E-state index contributed by atoms with van der Waals surface area (Å²) in [4.78, 5) is 16.8. The van der Waals surface area contributed by atoms with Crippen LogP contribution >= 0.6 is 0 Å². The third kappa shape index (κ3) is 2.80. The average Bonchev–Trinajstić information content (AvgIpc) is 2.86. The first kappa shape index (κ1) is 16.5. The molecule has 0 saturated heterocycles. The van der Waals surface area contributed by atoms with Crippen molar-refractivity contribution in [2.75, 3.05) is 17.4 Å². The van der Waals surface area contributed by atoms with Crippen LogP contribution in [-0.2, 0) is 21.2 Å². The molecule has 2 heterocycles. The Kier molecular flexibility index (Phi) is 4.08. The number of nitrogens with one attached hydrogen (secondary N) is 1. The first-order chi connectivity index (χ1) is 12.6. The highest BCUT2D eigenvalue weighted by Gasteiger charge is 2.36. The second-order valence-corrected chi connectivity index (χ2v) is 7.89. The Morgan fingerprint density at radius 3 is 2.62 bits per heavy atom. The first-order valence-corrected chi connectivity index (χ1v) is 9.72. The molecule has 0 atom stereocenters. The molecule has 0 fully saturated rings. The van der Waals surface area contributed by atoms with Crippen molar-refractivity contribution in [3.63, 3.8) is 0 Å². The predicted molar refractivity (Wildman–Crippen MR) is 99.4 cm³/mol. The van der Waals surface area contributed by atoms with Gasteiger partial charge in [-0.05, 0) is 29.7 Å². The summed E-state index contributed by atoms with van der Waals surface area (Å²) in [6.45, 7) is 0.166. The number of hydrogen-bond donors (Lipinski definition) is 1. The van der Waals surface area contributed by atoms with E-state index in [1.165, 1.54) is 4.31 Å². The SMILES string of the molecule is O=C(CN1c2cccc3cccc(c23)S1(=O)=O)NCCc1ccccn1. The number of pyridine rings is 1. The lowest BCUT2D eigenvalue weighted by molar-refractivity contribution is -0.119. The number of hydrogen-bond acceptors (Lipinski definition) is 4. The quantitative estimate of drug-likeness (QED) is 0.749. The van der Waals surface area contributed by atoms with Gasteiger partial charge >= 0.3 is 0 Å². The maximum Gasteiger partial charge on any atom is 0.265 e. The van der Waals surface area contributed by atoms with Gasteiger partial charge in [0.1, 0.15) is 6.54 Å². The molecule has 1 aromatic heterocycles. The largest absolute Gasteiger partial charge is 0.354 e. The van der Waals surface area contributed by atoms with Crippen molar-refractivity contribution in [2.45, 2.75) is 11.3 Å². The van der Waals surface area contributed by atoms with Gasteiger partial charge in [-0.15, -0.1) is 0 Å². The van der Waals surface area contributed by atoms with E-state index in [9.17, 15) is 13.2 Å². The Labute approximate surface area is 151 Å². The summed E-state index contributed by atoms with van der Waals surface area (Å²) >= 11 is 0. The maximum atomic E-state index is 12.8. The number of nitrogens with zero attached hydrogens (tertiary/aromatic N) is 2. The third-order valence-electron chi connectivity index (χ3n) is 4.40. The highest BCUT2D eigenvalue weighted by atomic mass is 32.2. The van der Waals surface area contributed by atoms with E-state index < -0.39 is 10.0 Å². The van der Waals surface area contributed by atoms with Crippen LogP contribution < -0.4 is 9.62 Å². The fourth-order valence-electron chi connectivity index (χ4n) is 3.19. The number of sulfonamides is 1. The van der Waals surface area contributed by atoms with Crippen LogP contribution in [0.15, 0.2) is 65.7 Å². The van der Waals surface area contributed by atoms with E-state index in [0.717, 1.165) is 11.1 Å². The number of carbonyl (C=O) groups is 1. The molecular weight excluding hydrogens is 350 g/mol. The third-order valence-corrected chi connectivity index (χ3v) is 6.20. The van der Waals surface area contributed by atoms with Crippen LogP contribution in [-0.4, -0.2) is 32.4 Å². The summed E-state index contributed by atoms with van der Waals surface area (Å²) < 4.78 is 26.8. The molecule has 2 aromatic carbocycles. The van der Waals surface area contributed by atoms with Gasteiger partial charge in [-0.25, -0.2) is 8.42 Å². The van der Waals surface area contributed by atoms with Crippen LogP contribution in [0.3, 0.4) is 0 Å². The zero-order valence-electron chi connectivity index (χ0n) is 13.9. The van der Waals surface area contributed by atoms with E-state index in [1.54, 1.807) is 30.5 Å². The Morgan fingerprint density at radius 1 is 1.04 bits per heavy atom. The van der Waals surface area contributed by atoms with Gasteiger partial charge in [0.25, 0.3) is 10.0 Å². The smallest absolute Gasteiger partial charge is 0.265 e. The second kappa shape index (κ2) is 6.42. The average molecular weight is 367 g/mol. The highest BCUT2D eigenvalue weighted by molar-refractivity contribution is 7.93. The fourth-order valence-corrected chi connectivity index (χ4v) is 4.86. The lowest BCUT2D eigenvalue weighted by atomic mass is 10.1. The van der Waals surface area contributed by atoms with E-state index in [0.29, 0.717) is 24.0 Å². The number of anilines is 1. The molecule has 1 aliphatic heterocycles. The van der Waals surface area contributed by atoms with Gasteiger partial charge in [0.2, 0.25) is 5.91 Å². The van der Waals surface area contributed by atoms with Gasteiger partial charge in [0.15, 0.2) is 0 Å². The summed E-state index contributed by atoms with van der Waals surface area (Å²) in [6.07, 6.45) is 2.29. The molecule has 1 amide bonds. The van der Waals surface area contributed by atoms with Gasteiger partial charge in [-0.3, -0.25) is 14.1 Å². The molecule has 0 aliphatic carbocycles. The van der Waals surface area contributed by atoms with Gasteiger partial charge in [-0.2, -0.15) is 0 Å². The number of carbonyl (C=O) groups excluding carboxylic acids is 1. The van der Waals surface area contributed by atoms with Crippen LogP contribution in [0.4, 0.5) is 5.69 Å². The van der Waals surface area contributed by atoms with E-state index in [-0.39, 0.29) is 17.3 Å². The van der Waals surface area contributed by atoms with E-state index in [1.807, 2.05) is 30.3 Å². The Hall–Kier alpha value is -2.93. The van der Waals surface area contributed by atoms with Crippen molar-refractivity contribution in [1.29, 1.82) is 0 Å². The van der Waals surface area contributed by atoms with Gasteiger partial charge in [0, 0.05) is 30.2 Å². The van der Waals surface area contributed by atoms with Crippen molar-refractivity contribution in [3.05, 3.63) is 66.5 Å². The second-order valence-electron chi connectivity index (χ2n) is 6.06. The molecule has 1 N–H and O–H groups in total. The molecule has 0 unspecified atom stereocenters. The maximum absolute atomic E-state index is 12.8. The molecule has 0 saturated carbocycles. The summed E-state index contributed by atoms with van der Waals surface area (Å²) in [5.74, 6) is -0.339. The first-order valence-electron chi connectivity index (χ1n) is 8.28.